The quantitative estimate of drug-likeness (QED) is 0.0408. The molecule has 338 valence electrons. The van der Waals surface area contributed by atoms with Crippen molar-refractivity contribution in [2.45, 2.75) is 37.5 Å². The molecule has 3 amide bonds. The van der Waals surface area contributed by atoms with Crippen molar-refractivity contribution in [3.05, 3.63) is 92.6 Å². The summed E-state index contributed by atoms with van der Waals surface area (Å²) in [6, 6.07) is 0.649. The minimum Gasteiger partial charge on any atom is -0.378 e. The Labute approximate surface area is 361 Å². The number of halogens is 10. The third kappa shape index (κ3) is 8.44. The van der Waals surface area contributed by atoms with E-state index in [0.717, 1.165) is 14.7 Å². The Morgan fingerprint density at radius 1 is 0.524 bits per heavy atom. The van der Waals surface area contributed by atoms with Crippen molar-refractivity contribution in [1.29, 1.82) is 0 Å². The summed E-state index contributed by atoms with van der Waals surface area (Å²) in [5.74, 6) is -34.4. The van der Waals surface area contributed by atoms with Crippen molar-refractivity contribution in [3.63, 3.8) is 0 Å². The van der Waals surface area contributed by atoms with E-state index >= 15 is 0 Å². The Bertz CT molecular complexity index is 2760. The topological polar surface area (TPSA) is 151 Å². The maximum absolute atomic E-state index is 14.9. The summed E-state index contributed by atoms with van der Waals surface area (Å²) >= 11 is 10.5. The van der Waals surface area contributed by atoms with Gasteiger partial charge in [0.25, 0.3) is 17.7 Å². The van der Waals surface area contributed by atoms with E-state index in [1.54, 1.807) is 6.92 Å². The second-order valence-corrected chi connectivity index (χ2v) is 16.5. The summed E-state index contributed by atoms with van der Waals surface area (Å²) in [4.78, 5) is 39.7. The SMILES string of the molecule is CCN1C/C(=C\c2cc(OS(=O)(=O)c3c(F)c(F)c(F)c(F)c3F)c(C=C3C(=O)N(CC)C(=S)N(CC)C3=O)cc2OS(=O)(=O)c2c(F)c(F)c(F)c(F)c2F)C(=O)N(CC)C1=S. The van der Waals surface area contributed by atoms with Gasteiger partial charge in [0, 0.05) is 42.9 Å². The monoisotopic (exact) mass is 976 g/mol. The van der Waals surface area contributed by atoms with Gasteiger partial charge in [0.15, 0.2) is 78.1 Å². The second kappa shape index (κ2) is 17.8. The first-order valence-corrected chi connectivity index (χ1v) is 21.2. The number of hydrogen-bond donors (Lipinski definition) is 0. The molecular formula is C36H26F10N4O9S4. The van der Waals surface area contributed by atoms with Gasteiger partial charge >= 0.3 is 20.2 Å². The van der Waals surface area contributed by atoms with Crippen LogP contribution in [0.25, 0.3) is 12.2 Å². The Kier molecular flexibility index (Phi) is 13.7. The van der Waals surface area contributed by atoms with Gasteiger partial charge in [0.05, 0.1) is 6.54 Å². The average molecular weight is 977 g/mol. The summed E-state index contributed by atoms with van der Waals surface area (Å²) in [6.07, 6.45) is 1.15. The van der Waals surface area contributed by atoms with Crippen molar-refractivity contribution in [2.75, 3.05) is 32.7 Å². The van der Waals surface area contributed by atoms with Crippen LogP contribution in [-0.4, -0.2) is 97.1 Å². The molecule has 5 rings (SSSR count). The lowest BCUT2D eigenvalue weighted by Crippen LogP contribution is -2.55. The van der Waals surface area contributed by atoms with E-state index in [4.69, 9.17) is 32.8 Å². The molecule has 13 nitrogen and oxygen atoms in total. The summed E-state index contributed by atoms with van der Waals surface area (Å²) in [5, 5.41) is -0.354. The average Bonchev–Trinajstić information content (AvgIpc) is 3.21. The van der Waals surface area contributed by atoms with E-state index in [1.807, 2.05) is 0 Å². The zero-order chi connectivity index (χ0) is 47.4. The maximum atomic E-state index is 14.9. The van der Waals surface area contributed by atoms with E-state index < -0.39 is 141 Å². The fourth-order valence-electron chi connectivity index (χ4n) is 6.02. The predicted octanol–water partition coefficient (Wildman–Crippen LogP) is 5.84. The molecule has 0 radical (unpaired) electrons. The van der Waals surface area contributed by atoms with Crippen molar-refractivity contribution >= 4 is 84.8 Å². The van der Waals surface area contributed by atoms with Crippen LogP contribution in [-0.2, 0) is 34.6 Å². The van der Waals surface area contributed by atoms with E-state index in [9.17, 15) is 75.1 Å². The third-order valence-corrected chi connectivity index (χ3v) is 12.6. The molecule has 2 aliphatic rings. The number of thiocarbonyl (C=S) groups is 2. The zero-order valence-electron chi connectivity index (χ0n) is 32.2. The normalized spacial score (nSPS) is 15.9. The fraction of sp³-hybridized carbons (Fsp3) is 0.250. The van der Waals surface area contributed by atoms with Gasteiger partial charge in [-0.25, -0.2) is 43.9 Å². The van der Waals surface area contributed by atoms with Crippen molar-refractivity contribution < 1.29 is 83.5 Å². The van der Waals surface area contributed by atoms with Gasteiger partial charge in [0.2, 0.25) is 11.6 Å². The van der Waals surface area contributed by atoms with Crippen LogP contribution < -0.4 is 8.37 Å². The molecule has 2 fully saturated rings. The molecule has 0 atom stereocenters. The van der Waals surface area contributed by atoms with Gasteiger partial charge in [-0.1, -0.05) is 0 Å². The molecule has 27 heteroatoms. The van der Waals surface area contributed by atoms with Gasteiger partial charge in [-0.3, -0.25) is 29.1 Å². The van der Waals surface area contributed by atoms with Gasteiger partial charge < -0.3 is 13.3 Å². The van der Waals surface area contributed by atoms with Crippen LogP contribution in [0.1, 0.15) is 38.8 Å². The van der Waals surface area contributed by atoms with Gasteiger partial charge in [-0.15, -0.1) is 0 Å². The Hall–Kier alpha value is -5.67. The number of carbonyl (C=O) groups is 3. The first-order valence-electron chi connectivity index (χ1n) is 17.6. The van der Waals surface area contributed by atoms with Crippen molar-refractivity contribution in [1.82, 2.24) is 19.6 Å². The van der Waals surface area contributed by atoms with Crippen LogP contribution in [0.15, 0.2) is 33.1 Å². The van der Waals surface area contributed by atoms with Crippen LogP contribution >= 0.6 is 24.4 Å². The molecule has 63 heavy (non-hydrogen) atoms. The van der Waals surface area contributed by atoms with E-state index in [-0.39, 0.29) is 42.0 Å². The molecule has 0 aromatic heterocycles. The van der Waals surface area contributed by atoms with Crippen LogP contribution in [0.4, 0.5) is 43.9 Å². The number of carbonyl (C=O) groups excluding carboxylic acids is 3. The lowest BCUT2D eigenvalue weighted by molar-refractivity contribution is -0.133. The maximum Gasteiger partial charge on any atom is 0.345 e. The van der Waals surface area contributed by atoms with E-state index in [0.29, 0.717) is 24.3 Å². The highest BCUT2D eigenvalue weighted by atomic mass is 32.2. The van der Waals surface area contributed by atoms with Crippen LogP contribution in [0.3, 0.4) is 0 Å². The van der Waals surface area contributed by atoms with E-state index in [1.165, 1.54) is 25.7 Å². The first kappa shape index (κ1) is 48.4. The third-order valence-electron chi connectivity index (χ3n) is 9.14. The summed E-state index contributed by atoms with van der Waals surface area (Å²) < 4.78 is 209. The van der Waals surface area contributed by atoms with Crippen molar-refractivity contribution in [2.24, 2.45) is 0 Å². The summed E-state index contributed by atoms with van der Waals surface area (Å²) in [7, 11) is -12.6. The number of hydrogen-bond acceptors (Lipinski definition) is 11. The molecule has 0 N–H and O–H groups in total. The Morgan fingerprint density at radius 3 is 1.21 bits per heavy atom. The highest BCUT2D eigenvalue weighted by molar-refractivity contribution is 7.87. The minimum atomic E-state index is -6.31. The Balaban J connectivity index is 1.91. The van der Waals surface area contributed by atoms with Crippen LogP contribution in [0.5, 0.6) is 11.5 Å². The molecule has 0 aliphatic carbocycles. The largest absolute Gasteiger partial charge is 0.378 e. The summed E-state index contributed by atoms with van der Waals surface area (Å²) in [5.41, 5.74) is -3.36. The molecule has 0 unspecified atom stereocenters. The molecule has 3 aromatic rings. The zero-order valence-corrected chi connectivity index (χ0v) is 35.5. The lowest BCUT2D eigenvalue weighted by Gasteiger charge is -2.37. The fourth-order valence-corrected chi connectivity index (χ4v) is 9.02. The van der Waals surface area contributed by atoms with Gasteiger partial charge in [-0.05, 0) is 76.4 Å². The van der Waals surface area contributed by atoms with E-state index in [2.05, 4.69) is 0 Å². The molecule has 2 saturated heterocycles. The summed E-state index contributed by atoms with van der Waals surface area (Å²) in [6.45, 7) is 4.98. The van der Waals surface area contributed by atoms with Gasteiger partial charge in [-0.2, -0.15) is 16.8 Å². The van der Waals surface area contributed by atoms with Gasteiger partial charge in [0.1, 0.15) is 5.57 Å². The number of amides is 3. The number of nitrogens with zero attached hydrogens (tertiary/aromatic N) is 4. The predicted molar refractivity (Wildman–Crippen MR) is 205 cm³/mol. The number of rotatable bonds is 12. The molecule has 0 saturated carbocycles. The molecular weight excluding hydrogens is 951 g/mol. The molecule has 2 heterocycles. The highest BCUT2D eigenvalue weighted by Crippen LogP contribution is 2.39. The highest BCUT2D eigenvalue weighted by Gasteiger charge is 2.41. The lowest BCUT2D eigenvalue weighted by atomic mass is 10.0. The molecule has 2 aliphatic heterocycles. The number of benzene rings is 3. The van der Waals surface area contributed by atoms with Crippen LogP contribution in [0.2, 0.25) is 0 Å². The smallest absolute Gasteiger partial charge is 0.345 e. The molecule has 3 aromatic carbocycles. The second-order valence-electron chi connectivity index (χ2n) is 12.8. The Morgan fingerprint density at radius 2 is 0.857 bits per heavy atom. The molecule has 0 bridgehead atoms. The van der Waals surface area contributed by atoms with Crippen molar-refractivity contribution in [3.8, 4) is 11.5 Å². The molecule has 0 spiro atoms. The standard InChI is InChI=1S/C36H26F10N4O9S4/c1-5-47-13-16(32(51)48(6-2)35(47)60)9-14-11-19(59-63(56,57)31-28(45)24(41)21(38)25(42)29(31)46)15(10-17-33(52)49(7-3)36(61)50(8-4)34(17)53)12-18(14)58-62(54,55)30-26(43)22(39)20(37)23(40)27(30)44/h9-12H,5-8,13H2,1-4H3/b16-9+. The minimum absolute atomic E-state index is 0.0176. The first-order chi connectivity index (χ1) is 29.3. The van der Waals surface area contributed by atoms with Crippen LogP contribution in [0, 0.1) is 58.2 Å². The number of likely N-dealkylation sites (N-methyl/N-ethyl adjacent to an activating group) is 4.